The number of rotatable bonds is 4. The van der Waals surface area contributed by atoms with Crippen molar-refractivity contribution >= 4 is 26.7 Å². The Labute approximate surface area is 149 Å². The van der Waals surface area contributed by atoms with E-state index in [9.17, 15) is 8.42 Å². The van der Waals surface area contributed by atoms with E-state index < -0.39 is 10.0 Å². The van der Waals surface area contributed by atoms with Gasteiger partial charge in [-0.15, -0.1) is 10.2 Å². The molecule has 4 aromatic rings. The zero-order chi connectivity index (χ0) is 18.3. The van der Waals surface area contributed by atoms with E-state index in [-0.39, 0.29) is 11.8 Å². The Hall–Kier alpha value is -3.13. The lowest BCUT2D eigenvalue weighted by Crippen LogP contribution is -2.25. The molecule has 0 fully saturated rings. The molecule has 0 amide bonds. The molecular formula is C18H15N3O4S. The van der Waals surface area contributed by atoms with Gasteiger partial charge in [0.05, 0.1) is 17.5 Å². The summed E-state index contributed by atoms with van der Waals surface area (Å²) in [6.45, 7) is 0. The van der Waals surface area contributed by atoms with Crippen LogP contribution >= 0.6 is 0 Å². The van der Waals surface area contributed by atoms with E-state index in [0.717, 1.165) is 17.2 Å². The summed E-state index contributed by atoms with van der Waals surface area (Å²) < 4.78 is 36.4. The van der Waals surface area contributed by atoms with Crippen LogP contribution in [0.4, 0.5) is 5.69 Å². The van der Waals surface area contributed by atoms with Crippen LogP contribution in [0.2, 0.25) is 0 Å². The number of fused-ring (bicyclic) bond motifs is 1. The smallest absolute Gasteiger partial charge is 0.283 e. The summed E-state index contributed by atoms with van der Waals surface area (Å²) >= 11 is 0. The summed E-state index contributed by atoms with van der Waals surface area (Å²) in [6, 6.07) is 16.3. The third-order valence-corrected chi connectivity index (χ3v) is 5.22. The van der Waals surface area contributed by atoms with E-state index >= 15 is 0 Å². The normalized spacial score (nSPS) is 11.8. The van der Waals surface area contributed by atoms with Crippen LogP contribution in [0.25, 0.3) is 34.1 Å². The summed E-state index contributed by atoms with van der Waals surface area (Å²) in [4.78, 5) is 0. The fraction of sp³-hybridized carbons (Fsp3) is 0.111. The van der Waals surface area contributed by atoms with Crippen LogP contribution in [0.1, 0.15) is 0 Å². The van der Waals surface area contributed by atoms with Crippen molar-refractivity contribution in [2.45, 2.75) is 0 Å². The molecule has 0 atom stereocenters. The second-order valence-electron chi connectivity index (χ2n) is 5.81. The lowest BCUT2D eigenvalue weighted by molar-refractivity contribution is 0.542. The molecule has 2 aromatic carbocycles. The second kappa shape index (κ2) is 5.99. The molecule has 0 bridgehead atoms. The minimum absolute atomic E-state index is 0.214. The number of hydrogen-bond acceptors (Lipinski definition) is 6. The second-order valence-corrected chi connectivity index (χ2v) is 7.82. The molecule has 0 aliphatic rings. The van der Waals surface area contributed by atoms with Gasteiger partial charge in [0.2, 0.25) is 15.9 Å². The van der Waals surface area contributed by atoms with E-state index in [1.165, 1.54) is 11.4 Å². The number of benzene rings is 2. The van der Waals surface area contributed by atoms with Crippen molar-refractivity contribution in [1.82, 2.24) is 10.2 Å². The average molecular weight is 369 g/mol. The summed E-state index contributed by atoms with van der Waals surface area (Å²) in [5, 5.41) is 9.03. The largest absolute Gasteiger partial charge is 0.451 e. The third kappa shape index (κ3) is 2.84. The van der Waals surface area contributed by atoms with Crippen LogP contribution < -0.4 is 4.31 Å². The van der Waals surface area contributed by atoms with Crippen LogP contribution in [0.5, 0.6) is 0 Å². The lowest BCUT2D eigenvalue weighted by Gasteiger charge is -2.18. The molecule has 8 heteroatoms. The Bertz CT molecular complexity index is 1160. The molecular weight excluding hydrogens is 354 g/mol. The maximum Gasteiger partial charge on any atom is 0.283 e. The molecule has 4 rings (SSSR count). The molecule has 2 aromatic heterocycles. The molecule has 0 radical (unpaired) electrons. The highest BCUT2D eigenvalue weighted by atomic mass is 32.2. The molecule has 2 heterocycles. The Morgan fingerprint density at radius 2 is 1.62 bits per heavy atom. The number of anilines is 1. The van der Waals surface area contributed by atoms with Crippen molar-refractivity contribution in [3.63, 3.8) is 0 Å². The molecule has 0 unspecified atom stereocenters. The number of furan rings is 1. The van der Waals surface area contributed by atoms with E-state index in [2.05, 4.69) is 10.2 Å². The predicted octanol–water partition coefficient (Wildman–Crippen LogP) is 3.55. The standard InChI is InChI=1S/C18H15N3O4S/c1-21(26(2,22)23)14-9-5-4-8-13(14)17-19-20-18(25-17)16-11-12-7-3-6-10-15(12)24-16/h3-11H,1-2H3. The van der Waals surface area contributed by atoms with Crippen molar-refractivity contribution in [1.29, 1.82) is 0 Å². The lowest BCUT2D eigenvalue weighted by atomic mass is 10.2. The van der Waals surface area contributed by atoms with Crippen LogP contribution in [0.15, 0.2) is 63.4 Å². The third-order valence-electron chi connectivity index (χ3n) is 4.03. The Morgan fingerprint density at radius 3 is 2.38 bits per heavy atom. The van der Waals surface area contributed by atoms with Gasteiger partial charge in [0, 0.05) is 12.4 Å². The molecule has 132 valence electrons. The SMILES string of the molecule is CN(c1ccccc1-c1nnc(-c2cc3ccccc3o2)o1)S(C)(=O)=O. The highest BCUT2D eigenvalue weighted by Gasteiger charge is 2.21. The molecule has 0 saturated carbocycles. The highest BCUT2D eigenvalue weighted by Crippen LogP contribution is 2.33. The maximum atomic E-state index is 11.9. The van der Waals surface area contributed by atoms with Gasteiger partial charge < -0.3 is 8.83 Å². The van der Waals surface area contributed by atoms with Gasteiger partial charge in [-0.1, -0.05) is 30.3 Å². The van der Waals surface area contributed by atoms with Gasteiger partial charge in [-0.2, -0.15) is 0 Å². The number of para-hydroxylation sites is 2. The van der Waals surface area contributed by atoms with E-state index in [1.54, 1.807) is 24.3 Å². The highest BCUT2D eigenvalue weighted by molar-refractivity contribution is 7.92. The van der Waals surface area contributed by atoms with Gasteiger partial charge in [-0.3, -0.25) is 4.31 Å². The minimum atomic E-state index is -3.42. The first-order valence-corrected chi connectivity index (χ1v) is 9.64. The van der Waals surface area contributed by atoms with E-state index in [0.29, 0.717) is 17.0 Å². The molecule has 0 spiro atoms. The monoisotopic (exact) mass is 369 g/mol. The van der Waals surface area contributed by atoms with Crippen molar-refractivity contribution in [3.8, 4) is 23.1 Å². The van der Waals surface area contributed by atoms with Gasteiger partial charge in [0.25, 0.3) is 5.89 Å². The number of hydrogen-bond donors (Lipinski definition) is 0. The topological polar surface area (TPSA) is 89.4 Å². The number of aromatic nitrogens is 2. The molecule has 0 aliphatic heterocycles. The Kier molecular flexibility index (Phi) is 3.77. The fourth-order valence-corrected chi connectivity index (χ4v) is 3.14. The quantitative estimate of drug-likeness (QED) is 0.546. The Balaban J connectivity index is 1.77. The van der Waals surface area contributed by atoms with Crippen LogP contribution in [-0.2, 0) is 10.0 Å². The molecule has 7 nitrogen and oxygen atoms in total. The summed E-state index contributed by atoms with van der Waals surface area (Å²) in [6.07, 6.45) is 1.14. The van der Waals surface area contributed by atoms with Crippen molar-refractivity contribution < 1.29 is 17.3 Å². The zero-order valence-corrected chi connectivity index (χ0v) is 14.9. The molecule has 26 heavy (non-hydrogen) atoms. The van der Waals surface area contributed by atoms with Gasteiger partial charge in [-0.05, 0) is 24.3 Å². The van der Waals surface area contributed by atoms with E-state index in [1.807, 2.05) is 30.3 Å². The van der Waals surface area contributed by atoms with Crippen LogP contribution in [-0.4, -0.2) is 31.9 Å². The van der Waals surface area contributed by atoms with Crippen molar-refractivity contribution in [2.24, 2.45) is 0 Å². The van der Waals surface area contributed by atoms with Gasteiger partial charge in [0.15, 0.2) is 5.76 Å². The summed E-state index contributed by atoms with van der Waals surface area (Å²) in [5.74, 6) is 0.901. The zero-order valence-electron chi connectivity index (χ0n) is 14.1. The van der Waals surface area contributed by atoms with Gasteiger partial charge in [-0.25, -0.2) is 8.42 Å². The van der Waals surface area contributed by atoms with Crippen LogP contribution in [0, 0.1) is 0 Å². The average Bonchev–Trinajstić information content (AvgIpc) is 3.27. The van der Waals surface area contributed by atoms with Crippen molar-refractivity contribution in [2.75, 3.05) is 17.6 Å². The van der Waals surface area contributed by atoms with Crippen LogP contribution in [0.3, 0.4) is 0 Å². The minimum Gasteiger partial charge on any atom is -0.451 e. The van der Waals surface area contributed by atoms with Crippen molar-refractivity contribution in [3.05, 3.63) is 54.6 Å². The first-order chi connectivity index (χ1) is 12.4. The molecule has 0 saturated heterocycles. The fourth-order valence-electron chi connectivity index (χ4n) is 2.63. The van der Waals surface area contributed by atoms with Gasteiger partial charge >= 0.3 is 0 Å². The van der Waals surface area contributed by atoms with E-state index in [4.69, 9.17) is 8.83 Å². The first-order valence-electron chi connectivity index (χ1n) is 7.79. The molecule has 0 N–H and O–H groups in total. The summed E-state index contributed by atoms with van der Waals surface area (Å²) in [7, 11) is -1.95. The first kappa shape index (κ1) is 16.3. The summed E-state index contributed by atoms with van der Waals surface area (Å²) in [5.41, 5.74) is 1.70. The number of nitrogens with zero attached hydrogens (tertiary/aromatic N) is 3. The Morgan fingerprint density at radius 1 is 0.923 bits per heavy atom. The maximum absolute atomic E-state index is 11.9. The number of sulfonamides is 1. The predicted molar refractivity (Wildman–Crippen MR) is 98.2 cm³/mol. The molecule has 0 aliphatic carbocycles. The van der Waals surface area contributed by atoms with Gasteiger partial charge in [0.1, 0.15) is 5.58 Å².